The number of carbonyl (C=O) groups is 1. The van der Waals surface area contributed by atoms with Crippen LogP contribution in [-0.2, 0) is 0 Å². The Bertz CT molecular complexity index is 561. The fourth-order valence-electron chi connectivity index (χ4n) is 1.72. The van der Waals surface area contributed by atoms with E-state index in [1.165, 1.54) is 17.3 Å². The van der Waals surface area contributed by atoms with Crippen molar-refractivity contribution in [2.75, 3.05) is 0 Å². The lowest BCUT2D eigenvalue weighted by Gasteiger charge is -2.20. The van der Waals surface area contributed by atoms with Crippen LogP contribution >= 0.6 is 27.7 Å². The Morgan fingerprint density at radius 3 is 2.21 bits per heavy atom. The van der Waals surface area contributed by atoms with E-state index in [-0.39, 0.29) is 5.78 Å². The van der Waals surface area contributed by atoms with Gasteiger partial charge in [-0.05, 0) is 26.0 Å². The van der Waals surface area contributed by atoms with Crippen molar-refractivity contribution in [1.82, 2.24) is 0 Å². The monoisotopic (exact) mass is 334 g/mol. The first-order valence-electron chi connectivity index (χ1n) is 6.03. The second-order valence-electron chi connectivity index (χ2n) is 4.53. The van der Waals surface area contributed by atoms with Crippen LogP contribution in [0.1, 0.15) is 22.8 Å². The highest BCUT2D eigenvalue weighted by Gasteiger charge is 2.31. The average Bonchev–Trinajstić information content (AvgIpc) is 2.41. The number of halogens is 1. The lowest BCUT2D eigenvalue weighted by atomic mass is 10.1. The topological polar surface area (TPSA) is 17.1 Å². The molecule has 0 radical (unpaired) electrons. The van der Waals surface area contributed by atoms with Gasteiger partial charge in [-0.2, -0.15) is 0 Å². The average molecular weight is 335 g/mol. The predicted molar refractivity (Wildman–Crippen MR) is 85.1 cm³/mol. The van der Waals surface area contributed by atoms with Gasteiger partial charge in [0, 0.05) is 10.5 Å². The molecule has 2 aromatic rings. The number of benzene rings is 2. The zero-order valence-corrected chi connectivity index (χ0v) is 13.3. The number of alkyl halides is 1. The summed E-state index contributed by atoms with van der Waals surface area (Å²) in [6.07, 6.45) is 0. The number of aryl methyl sites for hydroxylation is 1. The van der Waals surface area contributed by atoms with Crippen LogP contribution in [0.2, 0.25) is 0 Å². The van der Waals surface area contributed by atoms with Crippen LogP contribution in [0.3, 0.4) is 0 Å². The van der Waals surface area contributed by atoms with E-state index in [9.17, 15) is 4.79 Å². The molecule has 0 aromatic heterocycles. The van der Waals surface area contributed by atoms with E-state index in [2.05, 4.69) is 35.0 Å². The van der Waals surface area contributed by atoms with Crippen molar-refractivity contribution >= 4 is 33.5 Å². The standard InChI is InChI=1S/C16H15BrOS/c1-12-8-10-14(11-9-12)19-16(2,17)15(18)13-6-4-3-5-7-13/h3-11H,1-2H3. The summed E-state index contributed by atoms with van der Waals surface area (Å²) in [6, 6.07) is 17.6. The smallest absolute Gasteiger partial charge is 0.189 e. The zero-order chi connectivity index (χ0) is 13.9. The van der Waals surface area contributed by atoms with Crippen molar-refractivity contribution in [2.45, 2.75) is 22.4 Å². The third kappa shape index (κ3) is 3.71. The van der Waals surface area contributed by atoms with Gasteiger partial charge in [-0.1, -0.05) is 75.7 Å². The summed E-state index contributed by atoms with van der Waals surface area (Å²) in [5, 5.41) is 0. The molecule has 0 aliphatic rings. The maximum atomic E-state index is 12.5. The molecular formula is C16H15BrOS. The minimum absolute atomic E-state index is 0.0821. The van der Waals surface area contributed by atoms with Crippen LogP contribution in [0.25, 0.3) is 0 Å². The lowest BCUT2D eigenvalue weighted by molar-refractivity contribution is 0.0986. The van der Waals surface area contributed by atoms with Crippen molar-refractivity contribution in [3.05, 3.63) is 65.7 Å². The van der Waals surface area contributed by atoms with Crippen molar-refractivity contribution < 1.29 is 4.79 Å². The third-order valence-electron chi connectivity index (χ3n) is 2.77. The highest BCUT2D eigenvalue weighted by Crippen LogP contribution is 2.40. The number of thioether (sulfide) groups is 1. The molecule has 2 aromatic carbocycles. The Balaban J connectivity index is 2.18. The number of hydrogen-bond acceptors (Lipinski definition) is 2. The number of hydrogen-bond donors (Lipinski definition) is 0. The zero-order valence-electron chi connectivity index (χ0n) is 10.9. The molecular weight excluding hydrogens is 320 g/mol. The number of carbonyl (C=O) groups excluding carboxylic acids is 1. The van der Waals surface area contributed by atoms with E-state index in [0.29, 0.717) is 0 Å². The molecule has 0 fully saturated rings. The Morgan fingerprint density at radius 2 is 1.63 bits per heavy atom. The summed E-state index contributed by atoms with van der Waals surface area (Å²) in [6.45, 7) is 3.95. The van der Waals surface area contributed by atoms with Gasteiger partial charge >= 0.3 is 0 Å². The Kier molecular flexibility index (Phi) is 4.48. The van der Waals surface area contributed by atoms with Crippen LogP contribution < -0.4 is 0 Å². The van der Waals surface area contributed by atoms with E-state index in [1.807, 2.05) is 49.4 Å². The normalized spacial score (nSPS) is 13.8. The molecule has 0 saturated heterocycles. The summed E-state index contributed by atoms with van der Waals surface area (Å²) in [5.41, 5.74) is 1.94. The summed E-state index contributed by atoms with van der Waals surface area (Å²) in [7, 11) is 0. The fourth-order valence-corrected chi connectivity index (χ4v) is 3.44. The molecule has 1 atom stereocenters. The quantitative estimate of drug-likeness (QED) is 0.440. The lowest BCUT2D eigenvalue weighted by Crippen LogP contribution is -2.24. The molecule has 0 saturated carbocycles. The van der Waals surface area contributed by atoms with E-state index >= 15 is 0 Å². The number of Topliss-reactive ketones (excluding diaryl/α,β-unsaturated/α-hetero) is 1. The maximum Gasteiger partial charge on any atom is 0.189 e. The molecule has 2 rings (SSSR count). The molecule has 0 amide bonds. The van der Waals surface area contributed by atoms with Crippen molar-refractivity contribution in [3.8, 4) is 0 Å². The molecule has 0 heterocycles. The molecule has 19 heavy (non-hydrogen) atoms. The molecule has 0 aliphatic carbocycles. The molecule has 1 unspecified atom stereocenters. The van der Waals surface area contributed by atoms with Gasteiger partial charge in [0.15, 0.2) is 5.78 Å². The fraction of sp³-hybridized carbons (Fsp3) is 0.188. The third-order valence-corrected chi connectivity index (χ3v) is 4.69. The Hall–Kier alpha value is -1.06. The first-order chi connectivity index (χ1) is 8.99. The molecule has 0 spiro atoms. The van der Waals surface area contributed by atoms with Crippen LogP contribution in [0.5, 0.6) is 0 Å². The van der Waals surface area contributed by atoms with Crippen LogP contribution in [0.4, 0.5) is 0 Å². The molecule has 0 aliphatic heterocycles. The van der Waals surface area contributed by atoms with Gasteiger partial charge in [-0.15, -0.1) is 0 Å². The summed E-state index contributed by atoms with van der Waals surface area (Å²) in [5.74, 6) is 0.0821. The van der Waals surface area contributed by atoms with E-state index < -0.39 is 3.66 Å². The minimum Gasteiger partial charge on any atom is -0.292 e. The highest BCUT2D eigenvalue weighted by atomic mass is 79.9. The molecule has 0 bridgehead atoms. The highest BCUT2D eigenvalue weighted by molar-refractivity contribution is 9.12. The van der Waals surface area contributed by atoms with Crippen LogP contribution in [0, 0.1) is 6.92 Å². The van der Waals surface area contributed by atoms with Gasteiger partial charge in [-0.3, -0.25) is 4.79 Å². The number of ketones is 1. The first-order valence-corrected chi connectivity index (χ1v) is 7.64. The molecule has 3 heteroatoms. The SMILES string of the molecule is Cc1ccc(SC(C)(Br)C(=O)c2ccccc2)cc1. The molecule has 98 valence electrons. The number of rotatable bonds is 4. The van der Waals surface area contributed by atoms with Crippen molar-refractivity contribution in [2.24, 2.45) is 0 Å². The van der Waals surface area contributed by atoms with Gasteiger partial charge in [-0.25, -0.2) is 0 Å². The van der Waals surface area contributed by atoms with Crippen molar-refractivity contribution in [1.29, 1.82) is 0 Å². The van der Waals surface area contributed by atoms with Crippen molar-refractivity contribution in [3.63, 3.8) is 0 Å². The second-order valence-corrected chi connectivity index (χ2v) is 8.13. The van der Waals surface area contributed by atoms with Gasteiger partial charge in [0.05, 0.1) is 0 Å². The molecule has 1 nitrogen and oxygen atoms in total. The Morgan fingerprint density at radius 1 is 1.05 bits per heavy atom. The second kappa shape index (κ2) is 5.93. The largest absolute Gasteiger partial charge is 0.292 e. The minimum atomic E-state index is -0.649. The van der Waals surface area contributed by atoms with Gasteiger partial charge < -0.3 is 0 Å². The van der Waals surface area contributed by atoms with Crippen LogP contribution in [0.15, 0.2) is 59.5 Å². The summed E-state index contributed by atoms with van der Waals surface area (Å²) >= 11 is 5.08. The van der Waals surface area contributed by atoms with Gasteiger partial charge in [0.1, 0.15) is 3.66 Å². The first kappa shape index (κ1) is 14.4. The summed E-state index contributed by atoms with van der Waals surface area (Å²) < 4.78 is -0.649. The Labute approximate surface area is 126 Å². The van der Waals surface area contributed by atoms with Gasteiger partial charge in [0.25, 0.3) is 0 Å². The predicted octanol–water partition coefficient (Wildman–Crippen LogP) is 5.08. The van der Waals surface area contributed by atoms with E-state index in [4.69, 9.17) is 0 Å². The van der Waals surface area contributed by atoms with E-state index in [1.54, 1.807) is 0 Å². The van der Waals surface area contributed by atoms with Gasteiger partial charge in [0.2, 0.25) is 0 Å². The van der Waals surface area contributed by atoms with Crippen LogP contribution in [-0.4, -0.2) is 9.44 Å². The van der Waals surface area contributed by atoms with E-state index in [0.717, 1.165) is 10.5 Å². The maximum absolute atomic E-state index is 12.5. The molecule has 0 N–H and O–H groups in total. The summed E-state index contributed by atoms with van der Waals surface area (Å²) in [4.78, 5) is 13.5.